The summed E-state index contributed by atoms with van der Waals surface area (Å²) in [6, 6.07) is 3.68. The molecule has 2 amide bonds. The molecule has 0 radical (unpaired) electrons. The molecule has 1 aliphatic rings. The fourth-order valence-electron chi connectivity index (χ4n) is 2.58. The molecule has 2 rings (SSSR count). The Balaban J connectivity index is 1.76. The first-order valence-corrected chi connectivity index (χ1v) is 8.08. The van der Waals surface area contributed by atoms with Crippen LogP contribution in [-0.4, -0.2) is 41.9 Å². The van der Waals surface area contributed by atoms with Crippen LogP contribution >= 0.6 is 0 Å². The predicted molar refractivity (Wildman–Crippen MR) is 86.8 cm³/mol. The van der Waals surface area contributed by atoms with Gasteiger partial charge in [0.2, 0.25) is 0 Å². The van der Waals surface area contributed by atoms with Crippen molar-refractivity contribution in [2.45, 2.75) is 45.3 Å². The van der Waals surface area contributed by atoms with E-state index >= 15 is 0 Å². The minimum atomic E-state index is -0.474. The summed E-state index contributed by atoms with van der Waals surface area (Å²) in [6.45, 7) is 4.86. The molecule has 0 aliphatic carbocycles. The molecule has 1 saturated heterocycles. The summed E-state index contributed by atoms with van der Waals surface area (Å²) in [4.78, 5) is 18.4. The number of pyridine rings is 1. The van der Waals surface area contributed by atoms with Gasteiger partial charge in [-0.3, -0.25) is 0 Å². The second-order valence-corrected chi connectivity index (χ2v) is 5.72. The number of anilines is 1. The highest BCUT2D eigenvalue weighted by molar-refractivity contribution is 5.73. The lowest BCUT2D eigenvalue weighted by Crippen LogP contribution is -2.39. The van der Waals surface area contributed by atoms with Gasteiger partial charge in [0, 0.05) is 32.4 Å². The standard InChI is InChI=1S/C16H26N4O2/c1-2-5-14(21)12-19-16(22)18-11-13-6-7-17-15(10-13)20-8-3-4-9-20/h6-7,10,14,21H,2-5,8-9,11-12H2,1H3,(H2,18,19,22). The number of amides is 2. The van der Waals surface area contributed by atoms with Crippen molar-refractivity contribution in [1.29, 1.82) is 0 Å². The Bertz CT molecular complexity index is 475. The molecule has 1 fully saturated rings. The van der Waals surface area contributed by atoms with E-state index < -0.39 is 6.10 Å². The van der Waals surface area contributed by atoms with Gasteiger partial charge in [-0.1, -0.05) is 13.3 Å². The number of aliphatic hydroxyl groups excluding tert-OH is 1. The molecule has 0 spiro atoms. The summed E-state index contributed by atoms with van der Waals surface area (Å²) < 4.78 is 0. The molecular weight excluding hydrogens is 280 g/mol. The SMILES string of the molecule is CCCC(O)CNC(=O)NCc1ccnc(N2CCCC2)c1. The van der Waals surface area contributed by atoms with Crippen LogP contribution in [-0.2, 0) is 6.54 Å². The molecule has 0 saturated carbocycles. The van der Waals surface area contributed by atoms with Crippen molar-refractivity contribution in [3.63, 3.8) is 0 Å². The highest BCUT2D eigenvalue weighted by Gasteiger charge is 2.13. The first-order valence-electron chi connectivity index (χ1n) is 8.08. The lowest BCUT2D eigenvalue weighted by Gasteiger charge is -2.17. The van der Waals surface area contributed by atoms with Gasteiger partial charge in [-0.25, -0.2) is 9.78 Å². The number of hydrogen-bond acceptors (Lipinski definition) is 4. The molecule has 1 atom stereocenters. The van der Waals surface area contributed by atoms with Crippen LogP contribution in [0.3, 0.4) is 0 Å². The van der Waals surface area contributed by atoms with E-state index in [-0.39, 0.29) is 12.6 Å². The third kappa shape index (κ3) is 5.18. The summed E-state index contributed by atoms with van der Waals surface area (Å²) in [7, 11) is 0. The molecule has 1 aromatic rings. The second kappa shape index (κ2) is 8.58. The minimum Gasteiger partial charge on any atom is -0.391 e. The van der Waals surface area contributed by atoms with Gasteiger partial charge in [-0.15, -0.1) is 0 Å². The number of carbonyl (C=O) groups excluding carboxylic acids is 1. The lowest BCUT2D eigenvalue weighted by atomic mass is 10.2. The van der Waals surface area contributed by atoms with Crippen molar-refractivity contribution < 1.29 is 9.90 Å². The van der Waals surface area contributed by atoms with Crippen molar-refractivity contribution in [2.24, 2.45) is 0 Å². The van der Waals surface area contributed by atoms with Crippen LogP contribution in [0.25, 0.3) is 0 Å². The lowest BCUT2D eigenvalue weighted by molar-refractivity contribution is 0.160. The van der Waals surface area contributed by atoms with Crippen LogP contribution in [0.5, 0.6) is 0 Å². The fourth-order valence-corrected chi connectivity index (χ4v) is 2.58. The van der Waals surface area contributed by atoms with E-state index in [1.807, 2.05) is 19.1 Å². The van der Waals surface area contributed by atoms with Crippen LogP contribution in [0.2, 0.25) is 0 Å². The monoisotopic (exact) mass is 306 g/mol. The Hall–Kier alpha value is -1.82. The zero-order chi connectivity index (χ0) is 15.8. The first kappa shape index (κ1) is 16.5. The Labute approximate surface area is 131 Å². The highest BCUT2D eigenvalue weighted by Crippen LogP contribution is 2.18. The Morgan fingerprint density at radius 2 is 2.18 bits per heavy atom. The molecular formula is C16H26N4O2. The first-order chi connectivity index (χ1) is 10.7. The number of hydrogen-bond donors (Lipinski definition) is 3. The van der Waals surface area contributed by atoms with E-state index in [1.54, 1.807) is 6.20 Å². The molecule has 1 aromatic heterocycles. The minimum absolute atomic E-state index is 0.255. The molecule has 1 aliphatic heterocycles. The molecule has 0 aromatic carbocycles. The molecule has 22 heavy (non-hydrogen) atoms. The van der Waals surface area contributed by atoms with Crippen LogP contribution in [0.15, 0.2) is 18.3 Å². The van der Waals surface area contributed by atoms with Gasteiger partial charge >= 0.3 is 6.03 Å². The predicted octanol–water partition coefficient (Wildman–Crippen LogP) is 1.64. The van der Waals surface area contributed by atoms with E-state index in [0.717, 1.165) is 30.9 Å². The van der Waals surface area contributed by atoms with Crippen molar-refractivity contribution >= 4 is 11.8 Å². The quantitative estimate of drug-likeness (QED) is 0.716. The average Bonchev–Trinajstić information content (AvgIpc) is 3.06. The van der Waals surface area contributed by atoms with E-state index in [9.17, 15) is 9.90 Å². The molecule has 0 bridgehead atoms. The Kier molecular flexibility index (Phi) is 6.45. The third-order valence-corrected chi connectivity index (χ3v) is 3.81. The summed E-state index contributed by atoms with van der Waals surface area (Å²) in [5.41, 5.74) is 1.03. The molecule has 122 valence electrons. The number of nitrogens with zero attached hydrogens (tertiary/aromatic N) is 2. The van der Waals surface area contributed by atoms with Gasteiger partial charge < -0.3 is 20.6 Å². The maximum atomic E-state index is 11.7. The van der Waals surface area contributed by atoms with Crippen molar-refractivity contribution in [1.82, 2.24) is 15.6 Å². The van der Waals surface area contributed by atoms with Crippen LogP contribution in [0.4, 0.5) is 10.6 Å². The maximum Gasteiger partial charge on any atom is 0.315 e. The number of rotatable bonds is 7. The van der Waals surface area contributed by atoms with Crippen molar-refractivity contribution in [3.8, 4) is 0 Å². The third-order valence-electron chi connectivity index (χ3n) is 3.81. The van der Waals surface area contributed by atoms with Crippen LogP contribution in [0.1, 0.15) is 38.2 Å². The Morgan fingerprint density at radius 1 is 1.41 bits per heavy atom. The van der Waals surface area contributed by atoms with Gasteiger partial charge in [-0.2, -0.15) is 0 Å². The van der Waals surface area contributed by atoms with Crippen molar-refractivity contribution in [2.75, 3.05) is 24.5 Å². The average molecular weight is 306 g/mol. The maximum absolute atomic E-state index is 11.7. The molecule has 3 N–H and O–H groups in total. The smallest absolute Gasteiger partial charge is 0.315 e. The van der Waals surface area contributed by atoms with E-state index in [0.29, 0.717) is 13.0 Å². The van der Waals surface area contributed by atoms with E-state index in [1.165, 1.54) is 12.8 Å². The summed E-state index contributed by atoms with van der Waals surface area (Å²) >= 11 is 0. The van der Waals surface area contributed by atoms with Gasteiger partial charge in [0.05, 0.1) is 6.10 Å². The van der Waals surface area contributed by atoms with Gasteiger partial charge in [0.15, 0.2) is 0 Å². The number of aromatic nitrogens is 1. The van der Waals surface area contributed by atoms with E-state index in [4.69, 9.17) is 0 Å². The Morgan fingerprint density at radius 3 is 2.91 bits per heavy atom. The van der Waals surface area contributed by atoms with E-state index in [2.05, 4.69) is 20.5 Å². The topological polar surface area (TPSA) is 77.5 Å². The summed E-state index contributed by atoms with van der Waals surface area (Å²) in [5, 5.41) is 15.1. The fraction of sp³-hybridized carbons (Fsp3) is 0.625. The van der Waals surface area contributed by atoms with Crippen LogP contribution < -0.4 is 15.5 Å². The van der Waals surface area contributed by atoms with Gasteiger partial charge in [0.25, 0.3) is 0 Å². The number of carbonyl (C=O) groups is 1. The number of urea groups is 1. The normalized spacial score (nSPS) is 15.6. The summed E-state index contributed by atoms with van der Waals surface area (Å²) in [6.07, 6.45) is 5.34. The largest absolute Gasteiger partial charge is 0.391 e. The highest BCUT2D eigenvalue weighted by atomic mass is 16.3. The van der Waals surface area contributed by atoms with Gasteiger partial charge in [0.1, 0.15) is 5.82 Å². The molecule has 2 heterocycles. The van der Waals surface area contributed by atoms with Crippen LogP contribution in [0, 0.1) is 0 Å². The molecule has 6 heteroatoms. The zero-order valence-electron chi connectivity index (χ0n) is 13.2. The number of nitrogens with one attached hydrogen (secondary N) is 2. The molecule has 6 nitrogen and oxygen atoms in total. The molecule has 1 unspecified atom stereocenters. The zero-order valence-corrected chi connectivity index (χ0v) is 13.2. The van der Waals surface area contributed by atoms with Crippen molar-refractivity contribution in [3.05, 3.63) is 23.9 Å². The second-order valence-electron chi connectivity index (χ2n) is 5.72. The summed E-state index contributed by atoms with van der Waals surface area (Å²) in [5.74, 6) is 0.982. The number of aliphatic hydroxyl groups is 1. The van der Waals surface area contributed by atoms with Gasteiger partial charge in [-0.05, 0) is 37.0 Å².